The summed E-state index contributed by atoms with van der Waals surface area (Å²) in [5.74, 6) is -1.25. The number of nitrogens with zero attached hydrogens (tertiary/aromatic N) is 3. The zero-order valence-corrected chi connectivity index (χ0v) is 27.3. The van der Waals surface area contributed by atoms with E-state index in [1.165, 1.54) is 34.2 Å². The van der Waals surface area contributed by atoms with Crippen molar-refractivity contribution in [2.45, 2.75) is 43.9 Å². The van der Waals surface area contributed by atoms with E-state index in [4.69, 9.17) is 9.47 Å². The summed E-state index contributed by atoms with van der Waals surface area (Å²) in [4.78, 5) is 63.5. The van der Waals surface area contributed by atoms with Gasteiger partial charge in [-0.2, -0.15) is 0 Å². The first-order valence-corrected chi connectivity index (χ1v) is 16.6. The summed E-state index contributed by atoms with van der Waals surface area (Å²) in [5, 5.41) is 5.18. The van der Waals surface area contributed by atoms with Crippen LogP contribution in [0.3, 0.4) is 0 Å². The molecule has 13 heteroatoms. The Bertz CT molecular complexity index is 1790. The van der Waals surface area contributed by atoms with Gasteiger partial charge in [-0.1, -0.05) is 72.0 Å². The minimum Gasteiger partial charge on any atom is -0.448 e. The van der Waals surface area contributed by atoms with E-state index in [0.29, 0.717) is 26.9 Å². The fourth-order valence-electron chi connectivity index (χ4n) is 5.12. The standard InChI is InChI=1S/C34H31N5O6S2/c1-34(2,3)45-33(43)37-25-29(41)39-26(31(42)44-27(20-11-6-4-7-12-20)21-13-8-5-9-14-21)23(19-46-30(25)39)24-18-36-32(47-24)38-28(40)22-15-10-16-35-17-22/h4-18,25,27,30H,19H2,1-3H3,(H,37,43)(H,36,38,40). The molecule has 2 aliphatic rings. The van der Waals surface area contributed by atoms with Crippen molar-refractivity contribution >= 4 is 57.7 Å². The minimum absolute atomic E-state index is 0.0617. The number of esters is 1. The number of alkyl carbamates (subject to hydrolysis) is 1. The molecule has 4 heterocycles. The molecule has 6 rings (SSSR count). The Kier molecular flexibility index (Phi) is 9.10. The smallest absolute Gasteiger partial charge is 0.408 e. The highest BCUT2D eigenvalue weighted by Gasteiger charge is 2.55. The van der Waals surface area contributed by atoms with E-state index in [0.717, 1.165) is 11.1 Å². The maximum absolute atomic E-state index is 14.3. The molecule has 2 aromatic carbocycles. The molecule has 0 bridgehead atoms. The van der Waals surface area contributed by atoms with Crippen molar-refractivity contribution in [1.82, 2.24) is 20.2 Å². The summed E-state index contributed by atoms with van der Waals surface area (Å²) in [7, 11) is 0. The molecule has 47 heavy (non-hydrogen) atoms. The summed E-state index contributed by atoms with van der Waals surface area (Å²) < 4.78 is 11.6. The second-order valence-corrected chi connectivity index (χ2v) is 13.8. The molecule has 2 unspecified atom stereocenters. The van der Waals surface area contributed by atoms with Crippen molar-refractivity contribution in [1.29, 1.82) is 0 Å². The maximum Gasteiger partial charge on any atom is 0.408 e. The van der Waals surface area contributed by atoms with Crippen LogP contribution in [0.5, 0.6) is 0 Å². The number of aromatic nitrogens is 2. The Morgan fingerprint density at radius 3 is 2.26 bits per heavy atom. The average Bonchev–Trinajstić information content (AvgIpc) is 3.53. The molecule has 2 aromatic heterocycles. The van der Waals surface area contributed by atoms with Crippen LogP contribution in [0.1, 0.15) is 53.2 Å². The zero-order chi connectivity index (χ0) is 33.1. The van der Waals surface area contributed by atoms with Crippen LogP contribution in [0, 0.1) is 0 Å². The molecule has 11 nitrogen and oxygen atoms in total. The highest BCUT2D eigenvalue weighted by atomic mass is 32.2. The third-order valence-electron chi connectivity index (χ3n) is 7.21. The number of pyridine rings is 1. The van der Waals surface area contributed by atoms with Crippen molar-refractivity contribution in [3.8, 4) is 0 Å². The maximum atomic E-state index is 14.3. The van der Waals surface area contributed by atoms with E-state index >= 15 is 0 Å². The lowest BCUT2D eigenvalue weighted by Crippen LogP contribution is -2.70. The summed E-state index contributed by atoms with van der Waals surface area (Å²) in [6.45, 7) is 5.20. The van der Waals surface area contributed by atoms with Gasteiger partial charge in [0.05, 0.1) is 10.4 Å². The van der Waals surface area contributed by atoms with Crippen LogP contribution in [0.15, 0.2) is 97.1 Å². The first-order chi connectivity index (χ1) is 22.6. The molecule has 3 amide bonds. The van der Waals surface area contributed by atoms with E-state index < -0.39 is 41.1 Å². The van der Waals surface area contributed by atoms with Gasteiger partial charge in [0.25, 0.3) is 11.8 Å². The zero-order valence-electron chi connectivity index (χ0n) is 25.7. The van der Waals surface area contributed by atoms with E-state index in [1.54, 1.807) is 45.3 Å². The molecule has 2 atom stereocenters. The molecule has 0 spiro atoms. The van der Waals surface area contributed by atoms with E-state index in [-0.39, 0.29) is 11.6 Å². The SMILES string of the molecule is CC(C)(C)OC(=O)NC1C(=O)N2C(C(=O)OC(c3ccccc3)c3ccccc3)=C(c3cnc(NC(=O)c4cccnc4)s3)CSC12. The highest BCUT2D eigenvalue weighted by molar-refractivity contribution is 8.00. The first-order valence-electron chi connectivity index (χ1n) is 14.7. The normalized spacial score (nSPS) is 17.4. The summed E-state index contributed by atoms with van der Waals surface area (Å²) in [5.41, 5.74) is 1.72. The van der Waals surface area contributed by atoms with Gasteiger partial charge in [0, 0.05) is 29.9 Å². The van der Waals surface area contributed by atoms with Crippen molar-refractivity contribution in [3.63, 3.8) is 0 Å². The number of thioether (sulfide) groups is 1. The van der Waals surface area contributed by atoms with Crippen LogP contribution in [0.4, 0.5) is 9.93 Å². The number of hydrogen-bond acceptors (Lipinski definition) is 10. The molecule has 4 aromatic rings. The van der Waals surface area contributed by atoms with Crippen LogP contribution < -0.4 is 10.6 Å². The van der Waals surface area contributed by atoms with Gasteiger partial charge in [0.2, 0.25) is 0 Å². The number of benzene rings is 2. The van der Waals surface area contributed by atoms with Crippen LogP contribution in [-0.2, 0) is 19.1 Å². The van der Waals surface area contributed by atoms with E-state index in [9.17, 15) is 19.2 Å². The van der Waals surface area contributed by atoms with Crippen LogP contribution >= 0.6 is 23.1 Å². The van der Waals surface area contributed by atoms with Gasteiger partial charge in [0.15, 0.2) is 11.2 Å². The summed E-state index contributed by atoms with van der Waals surface area (Å²) in [6, 6.07) is 21.1. The van der Waals surface area contributed by atoms with E-state index in [1.807, 2.05) is 60.7 Å². The molecule has 0 radical (unpaired) electrons. The minimum atomic E-state index is -0.894. The number of ether oxygens (including phenoxy) is 2. The van der Waals surface area contributed by atoms with Crippen molar-refractivity contribution < 1.29 is 28.7 Å². The predicted octanol–water partition coefficient (Wildman–Crippen LogP) is 5.64. The molecule has 1 saturated heterocycles. The lowest BCUT2D eigenvalue weighted by atomic mass is 10.0. The Labute approximate surface area is 279 Å². The van der Waals surface area contributed by atoms with Gasteiger partial charge < -0.3 is 14.8 Å². The Morgan fingerprint density at radius 1 is 0.957 bits per heavy atom. The number of rotatable bonds is 8. The second-order valence-electron chi connectivity index (χ2n) is 11.7. The number of amides is 3. The van der Waals surface area contributed by atoms with Gasteiger partial charge in [-0.3, -0.25) is 24.8 Å². The second kappa shape index (κ2) is 13.4. The number of nitrogens with one attached hydrogen (secondary N) is 2. The van der Waals surface area contributed by atoms with Crippen LogP contribution in [-0.4, -0.2) is 61.5 Å². The van der Waals surface area contributed by atoms with Crippen LogP contribution in [0.25, 0.3) is 5.57 Å². The quantitative estimate of drug-likeness (QED) is 0.180. The number of hydrogen-bond donors (Lipinski definition) is 2. The van der Waals surface area contributed by atoms with Crippen molar-refractivity contribution in [2.75, 3.05) is 11.1 Å². The summed E-state index contributed by atoms with van der Waals surface area (Å²) in [6.07, 6.45) is 3.10. The molecule has 0 saturated carbocycles. The lowest BCUT2D eigenvalue weighted by molar-refractivity contribution is -0.153. The van der Waals surface area contributed by atoms with Gasteiger partial charge in [0.1, 0.15) is 22.7 Å². The van der Waals surface area contributed by atoms with E-state index in [2.05, 4.69) is 20.6 Å². The van der Waals surface area contributed by atoms with Gasteiger partial charge in [-0.05, 0) is 44.0 Å². The molecule has 0 aliphatic carbocycles. The van der Waals surface area contributed by atoms with Gasteiger partial charge in [-0.25, -0.2) is 14.6 Å². The number of fused-ring (bicyclic) bond motifs is 1. The molecule has 240 valence electrons. The van der Waals surface area contributed by atoms with Crippen molar-refractivity contribution in [2.24, 2.45) is 0 Å². The lowest BCUT2D eigenvalue weighted by Gasteiger charge is -2.49. The molecule has 1 fully saturated rings. The topological polar surface area (TPSA) is 140 Å². The number of carbonyl (C=O) groups is 4. The fraction of sp³-hybridized carbons (Fsp3) is 0.235. The highest BCUT2D eigenvalue weighted by Crippen LogP contribution is 2.45. The molecule has 2 N–H and O–H groups in total. The largest absolute Gasteiger partial charge is 0.448 e. The number of carbonyl (C=O) groups excluding carboxylic acids is 4. The monoisotopic (exact) mass is 669 g/mol. The number of anilines is 1. The Morgan fingerprint density at radius 2 is 1.64 bits per heavy atom. The molecular formula is C34H31N5O6S2. The third-order valence-corrected chi connectivity index (χ3v) is 9.46. The molecule has 2 aliphatic heterocycles. The third kappa shape index (κ3) is 7.05. The fourth-order valence-corrected chi connectivity index (χ4v) is 7.43. The van der Waals surface area contributed by atoms with Gasteiger partial charge >= 0.3 is 12.1 Å². The predicted molar refractivity (Wildman–Crippen MR) is 178 cm³/mol. The number of thiazole rings is 1. The van der Waals surface area contributed by atoms with Crippen LogP contribution in [0.2, 0.25) is 0 Å². The Balaban J connectivity index is 1.33. The molecular weight excluding hydrogens is 639 g/mol. The van der Waals surface area contributed by atoms with Gasteiger partial charge in [-0.15, -0.1) is 11.8 Å². The van der Waals surface area contributed by atoms with Crippen molar-refractivity contribution in [3.05, 3.63) is 119 Å². The summed E-state index contributed by atoms with van der Waals surface area (Å²) >= 11 is 2.56. The Hall–Kier alpha value is -5.01. The number of β-lactam (4-membered cyclic amide) rings is 1. The first kappa shape index (κ1) is 32.0. The average molecular weight is 670 g/mol.